The molecule has 1 heterocycles. The second-order valence-electron chi connectivity index (χ2n) is 8.25. The van der Waals surface area contributed by atoms with E-state index in [9.17, 15) is 4.79 Å². The van der Waals surface area contributed by atoms with Gasteiger partial charge in [-0.1, -0.05) is 33.8 Å². The first-order valence-corrected chi connectivity index (χ1v) is 9.58. The first kappa shape index (κ1) is 19.3. The smallest absolute Gasteiger partial charge is 0.338 e. The molecular formula is C22H28N2O3. The molecule has 0 spiro atoms. The van der Waals surface area contributed by atoms with Crippen molar-refractivity contribution in [1.82, 2.24) is 9.97 Å². The highest BCUT2D eigenvalue weighted by atomic mass is 16.5. The van der Waals surface area contributed by atoms with E-state index in [1.165, 1.54) is 29.1 Å². The van der Waals surface area contributed by atoms with Crippen molar-refractivity contribution in [3.8, 4) is 5.75 Å². The zero-order chi connectivity index (χ0) is 19.8. The number of hydrogen-bond acceptors (Lipinski definition) is 4. The number of carbonyl (C=O) groups is 1. The van der Waals surface area contributed by atoms with Crippen LogP contribution in [0.4, 0.5) is 0 Å². The third-order valence-electron chi connectivity index (χ3n) is 5.14. The molecule has 1 aliphatic rings. The van der Waals surface area contributed by atoms with Gasteiger partial charge in [0.1, 0.15) is 11.6 Å². The molecule has 0 radical (unpaired) electrons. The van der Waals surface area contributed by atoms with Crippen LogP contribution in [0.2, 0.25) is 0 Å². The fourth-order valence-corrected chi connectivity index (χ4v) is 3.48. The number of nitrogens with zero attached hydrogens (tertiary/aromatic N) is 2. The van der Waals surface area contributed by atoms with Crippen LogP contribution in [0, 0.1) is 12.8 Å². The zero-order valence-electron chi connectivity index (χ0n) is 16.7. The Hall–Kier alpha value is -2.43. The molecule has 0 unspecified atom stereocenters. The van der Waals surface area contributed by atoms with Gasteiger partial charge < -0.3 is 9.84 Å². The first-order valence-electron chi connectivity index (χ1n) is 9.58. The van der Waals surface area contributed by atoms with Gasteiger partial charge in [-0.05, 0) is 54.4 Å². The van der Waals surface area contributed by atoms with Crippen LogP contribution in [0.25, 0.3) is 0 Å². The molecule has 0 bridgehead atoms. The SMILES string of the molecule is Cc1cc(C(C)C)c(OCC(C)C)cc1C1(c2ncc(C(=O)O)cn2)CC1. The second kappa shape index (κ2) is 7.29. The van der Waals surface area contributed by atoms with Gasteiger partial charge in [-0.25, -0.2) is 14.8 Å². The molecule has 0 amide bonds. The van der Waals surface area contributed by atoms with Crippen LogP contribution in [0.15, 0.2) is 24.5 Å². The molecule has 1 saturated carbocycles. The van der Waals surface area contributed by atoms with Crippen molar-refractivity contribution in [3.05, 3.63) is 52.6 Å². The lowest BCUT2D eigenvalue weighted by molar-refractivity contribution is 0.0696. The number of aromatic carboxylic acids is 1. The number of aryl methyl sites for hydroxylation is 1. The molecule has 144 valence electrons. The Morgan fingerprint density at radius 2 is 1.81 bits per heavy atom. The topological polar surface area (TPSA) is 72.3 Å². The monoisotopic (exact) mass is 368 g/mol. The highest BCUT2D eigenvalue weighted by Gasteiger charge is 2.49. The van der Waals surface area contributed by atoms with E-state index >= 15 is 0 Å². The fourth-order valence-electron chi connectivity index (χ4n) is 3.48. The highest BCUT2D eigenvalue weighted by Crippen LogP contribution is 2.54. The number of aromatic nitrogens is 2. The molecule has 1 N–H and O–H groups in total. The summed E-state index contributed by atoms with van der Waals surface area (Å²) in [4.78, 5) is 19.8. The van der Waals surface area contributed by atoms with Gasteiger partial charge in [0.25, 0.3) is 0 Å². The zero-order valence-corrected chi connectivity index (χ0v) is 16.7. The third-order valence-corrected chi connectivity index (χ3v) is 5.14. The standard InChI is InChI=1S/C22H28N2O3/c1-13(2)12-27-19-9-18(15(5)8-17(19)14(3)4)22(6-7-22)21-23-10-16(11-24-21)20(25)26/h8-11,13-14H,6-7,12H2,1-5H3,(H,25,26). The highest BCUT2D eigenvalue weighted by molar-refractivity contribution is 5.86. The Kier molecular flexibility index (Phi) is 5.22. The lowest BCUT2D eigenvalue weighted by Gasteiger charge is -2.22. The van der Waals surface area contributed by atoms with Crippen LogP contribution in [-0.2, 0) is 5.41 Å². The molecule has 5 nitrogen and oxygen atoms in total. The number of benzene rings is 1. The number of rotatable bonds is 7. The minimum Gasteiger partial charge on any atom is -0.493 e. The van der Waals surface area contributed by atoms with E-state index in [0.29, 0.717) is 24.3 Å². The van der Waals surface area contributed by atoms with Crippen molar-refractivity contribution >= 4 is 5.97 Å². The minimum absolute atomic E-state index is 0.113. The van der Waals surface area contributed by atoms with Gasteiger partial charge in [-0.15, -0.1) is 0 Å². The summed E-state index contributed by atoms with van der Waals surface area (Å²) in [5.41, 5.74) is 3.50. The Balaban J connectivity index is 2.02. The van der Waals surface area contributed by atoms with Crippen LogP contribution >= 0.6 is 0 Å². The minimum atomic E-state index is -1.01. The average molecular weight is 368 g/mol. The van der Waals surface area contributed by atoms with Crippen LogP contribution in [0.5, 0.6) is 5.75 Å². The van der Waals surface area contributed by atoms with Gasteiger partial charge in [0.2, 0.25) is 0 Å². The summed E-state index contributed by atoms with van der Waals surface area (Å²) in [6.45, 7) is 11.4. The maximum Gasteiger partial charge on any atom is 0.338 e. The summed E-state index contributed by atoms with van der Waals surface area (Å²) in [5, 5.41) is 9.08. The van der Waals surface area contributed by atoms with Gasteiger partial charge >= 0.3 is 5.97 Å². The maximum absolute atomic E-state index is 11.1. The summed E-state index contributed by atoms with van der Waals surface area (Å²) in [7, 11) is 0. The molecule has 3 rings (SSSR count). The van der Waals surface area contributed by atoms with E-state index in [0.717, 1.165) is 18.6 Å². The maximum atomic E-state index is 11.1. The summed E-state index contributed by atoms with van der Waals surface area (Å²) in [6.07, 6.45) is 4.73. The Morgan fingerprint density at radius 3 is 2.30 bits per heavy atom. The van der Waals surface area contributed by atoms with Gasteiger partial charge in [-0.2, -0.15) is 0 Å². The Morgan fingerprint density at radius 1 is 1.19 bits per heavy atom. The Labute approximate surface area is 160 Å². The molecule has 1 aliphatic carbocycles. The largest absolute Gasteiger partial charge is 0.493 e. The Bertz CT molecular complexity index is 837. The van der Waals surface area contributed by atoms with Gasteiger partial charge in [-0.3, -0.25) is 0 Å². The molecule has 27 heavy (non-hydrogen) atoms. The lowest BCUT2D eigenvalue weighted by Crippen LogP contribution is -2.17. The molecular weight excluding hydrogens is 340 g/mol. The molecule has 0 atom stereocenters. The average Bonchev–Trinajstić information content (AvgIpc) is 3.42. The van der Waals surface area contributed by atoms with Crippen molar-refractivity contribution in [1.29, 1.82) is 0 Å². The van der Waals surface area contributed by atoms with Crippen molar-refractivity contribution in [3.63, 3.8) is 0 Å². The van der Waals surface area contributed by atoms with E-state index in [1.54, 1.807) is 0 Å². The predicted octanol–water partition coefficient (Wildman–Crippen LogP) is 4.72. The van der Waals surface area contributed by atoms with Crippen LogP contribution in [-0.4, -0.2) is 27.7 Å². The quantitative estimate of drug-likeness (QED) is 0.765. The van der Waals surface area contributed by atoms with Crippen molar-refractivity contribution in [2.45, 2.75) is 58.8 Å². The van der Waals surface area contributed by atoms with Crippen LogP contribution in [0.3, 0.4) is 0 Å². The van der Waals surface area contributed by atoms with Crippen LogP contribution in [0.1, 0.15) is 79.3 Å². The fraction of sp³-hybridized carbons (Fsp3) is 0.500. The van der Waals surface area contributed by atoms with Crippen molar-refractivity contribution in [2.75, 3.05) is 6.61 Å². The second-order valence-corrected chi connectivity index (χ2v) is 8.25. The van der Waals surface area contributed by atoms with E-state index in [2.05, 4.69) is 56.7 Å². The molecule has 0 saturated heterocycles. The molecule has 1 aromatic carbocycles. The number of ether oxygens (including phenoxy) is 1. The van der Waals surface area contributed by atoms with Crippen molar-refractivity contribution < 1.29 is 14.6 Å². The number of carboxylic acids is 1. The summed E-state index contributed by atoms with van der Waals surface area (Å²) >= 11 is 0. The summed E-state index contributed by atoms with van der Waals surface area (Å²) in [6, 6.07) is 4.38. The van der Waals surface area contributed by atoms with Crippen LogP contribution < -0.4 is 4.74 Å². The van der Waals surface area contributed by atoms with E-state index in [4.69, 9.17) is 9.84 Å². The van der Waals surface area contributed by atoms with Gasteiger partial charge in [0, 0.05) is 12.4 Å². The van der Waals surface area contributed by atoms with E-state index < -0.39 is 5.97 Å². The first-order chi connectivity index (χ1) is 12.7. The predicted molar refractivity (Wildman–Crippen MR) is 105 cm³/mol. The number of hydrogen-bond donors (Lipinski definition) is 1. The molecule has 0 aliphatic heterocycles. The van der Waals surface area contributed by atoms with Crippen molar-refractivity contribution in [2.24, 2.45) is 5.92 Å². The summed E-state index contributed by atoms with van der Waals surface area (Å²) in [5.74, 6) is 1.46. The molecule has 5 heteroatoms. The van der Waals surface area contributed by atoms with E-state index in [1.807, 2.05) is 0 Å². The van der Waals surface area contributed by atoms with E-state index in [-0.39, 0.29) is 11.0 Å². The third kappa shape index (κ3) is 3.82. The van der Waals surface area contributed by atoms with Gasteiger partial charge in [0.15, 0.2) is 0 Å². The molecule has 1 fully saturated rings. The lowest BCUT2D eigenvalue weighted by atomic mass is 9.87. The molecule has 1 aromatic heterocycles. The summed E-state index contributed by atoms with van der Waals surface area (Å²) < 4.78 is 6.15. The van der Waals surface area contributed by atoms with Gasteiger partial charge in [0.05, 0.1) is 17.6 Å². The normalized spacial score (nSPS) is 15.2. The molecule has 2 aromatic rings. The number of carboxylic acid groups (broad SMARTS) is 1.